The lowest BCUT2D eigenvalue weighted by Gasteiger charge is -2.24. The maximum atomic E-state index is 13.2. The number of ether oxygens (including phenoxy) is 1. The average molecular weight is 904 g/mol. The normalized spacial score (nSPS) is 14.0. The lowest BCUT2D eigenvalue weighted by molar-refractivity contribution is -0.151. The average Bonchev–Trinajstić information content (AvgIpc) is 3.30. The fourth-order valence-electron chi connectivity index (χ4n) is 7.75. The number of unbranched alkanes of at least 4 members (excludes halogenated alkanes) is 25. The van der Waals surface area contributed by atoms with E-state index in [4.69, 9.17) is 4.74 Å². The lowest BCUT2D eigenvalue weighted by Crippen LogP contribution is -2.46. The number of rotatable bonds is 47. The van der Waals surface area contributed by atoms with Crippen LogP contribution in [0, 0.1) is 0 Å². The summed E-state index contributed by atoms with van der Waals surface area (Å²) in [7, 11) is 0. The van der Waals surface area contributed by atoms with E-state index in [1.807, 2.05) is 60.8 Å². The van der Waals surface area contributed by atoms with Gasteiger partial charge in [0.2, 0.25) is 5.91 Å². The van der Waals surface area contributed by atoms with Gasteiger partial charge < -0.3 is 20.3 Å². The molecule has 6 heteroatoms. The first-order valence-electron chi connectivity index (χ1n) is 27.1. The molecule has 0 aromatic heterocycles. The fourth-order valence-corrected chi connectivity index (χ4v) is 7.75. The summed E-state index contributed by atoms with van der Waals surface area (Å²) in [5, 5.41) is 23.8. The molecule has 0 aliphatic heterocycles. The number of nitrogens with one attached hydrogen (secondary N) is 1. The van der Waals surface area contributed by atoms with Crippen LogP contribution in [0.15, 0.2) is 97.2 Å². The monoisotopic (exact) mass is 904 g/mol. The van der Waals surface area contributed by atoms with Gasteiger partial charge >= 0.3 is 5.97 Å². The van der Waals surface area contributed by atoms with Crippen molar-refractivity contribution >= 4 is 11.9 Å². The van der Waals surface area contributed by atoms with Crippen molar-refractivity contribution < 1.29 is 24.5 Å². The van der Waals surface area contributed by atoms with Gasteiger partial charge in [-0.2, -0.15) is 0 Å². The van der Waals surface area contributed by atoms with Gasteiger partial charge in [-0.05, 0) is 64.2 Å². The first-order valence-corrected chi connectivity index (χ1v) is 27.1. The number of aliphatic hydroxyl groups excluding tert-OH is 2. The number of carbonyl (C=O) groups is 2. The Balaban J connectivity index is 4.71. The molecule has 0 saturated heterocycles. The van der Waals surface area contributed by atoms with E-state index < -0.39 is 18.2 Å². The molecule has 0 aromatic rings. The van der Waals surface area contributed by atoms with Crippen molar-refractivity contribution in [3.05, 3.63) is 97.2 Å². The van der Waals surface area contributed by atoms with E-state index in [9.17, 15) is 19.8 Å². The molecule has 3 unspecified atom stereocenters. The quantitative estimate of drug-likeness (QED) is 0.0321. The predicted octanol–water partition coefficient (Wildman–Crippen LogP) is 16.5. The second-order valence-corrected chi connectivity index (χ2v) is 18.1. The molecule has 0 aliphatic rings. The second-order valence-electron chi connectivity index (χ2n) is 18.1. The van der Waals surface area contributed by atoms with Gasteiger partial charge in [-0.3, -0.25) is 9.59 Å². The molecule has 0 rings (SSSR count). The molecule has 65 heavy (non-hydrogen) atoms. The van der Waals surface area contributed by atoms with Crippen LogP contribution >= 0.6 is 0 Å². The molecule has 0 saturated carbocycles. The van der Waals surface area contributed by atoms with Crippen LogP contribution in [-0.4, -0.2) is 46.9 Å². The van der Waals surface area contributed by atoms with Gasteiger partial charge in [-0.1, -0.05) is 259 Å². The number of hydrogen-bond acceptors (Lipinski definition) is 5. The molecule has 6 nitrogen and oxygen atoms in total. The van der Waals surface area contributed by atoms with Crippen LogP contribution in [0.3, 0.4) is 0 Å². The van der Waals surface area contributed by atoms with E-state index in [2.05, 4.69) is 62.5 Å². The van der Waals surface area contributed by atoms with E-state index in [1.165, 1.54) is 128 Å². The number of hydrogen-bond donors (Lipinski definition) is 3. The summed E-state index contributed by atoms with van der Waals surface area (Å²) in [6.07, 6.45) is 69.0. The molecule has 3 atom stereocenters. The van der Waals surface area contributed by atoms with Crippen LogP contribution in [0.4, 0.5) is 0 Å². The summed E-state index contributed by atoms with van der Waals surface area (Å²) < 4.78 is 5.90. The molecule has 0 fully saturated rings. The highest BCUT2D eigenvalue weighted by Crippen LogP contribution is 2.17. The van der Waals surface area contributed by atoms with E-state index in [0.29, 0.717) is 19.3 Å². The molecule has 0 heterocycles. The number of allylic oxidation sites excluding steroid dienone is 16. The number of carbonyl (C=O) groups excluding carboxylic acids is 2. The van der Waals surface area contributed by atoms with Gasteiger partial charge in [0.25, 0.3) is 0 Å². The Morgan fingerprint density at radius 2 is 0.846 bits per heavy atom. The highest BCUT2D eigenvalue weighted by molar-refractivity contribution is 5.77. The van der Waals surface area contributed by atoms with Crippen LogP contribution < -0.4 is 5.32 Å². The van der Waals surface area contributed by atoms with Crippen molar-refractivity contribution in [3.63, 3.8) is 0 Å². The SMILES string of the molecule is CC\C=C/C=C/C=C/C=C\C=C\C=C\CCCC(CC(=O)NC(CO)C(O)CCCCCCCCCCCCCCCCCC)OC(=O)CCCCCCCC/C=C/C=C/CCCCC. The summed E-state index contributed by atoms with van der Waals surface area (Å²) in [6.45, 7) is 6.29. The summed E-state index contributed by atoms with van der Waals surface area (Å²) in [5.74, 6) is -0.567. The molecule has 372 valence electrons. The lowest BCUT2D eigenvalue weighted by atomic mass is 10.0. The van der Waals surface area contributed by atoms with E-state index >= 15 is 0 Å². The van der Waals surface area contributed by atoms with Crippen molar-refractivity contribution in [2.24, 2.45) is 0 Å². The maximum absolute atomic E-state index is 13.2. The number of amides is 1. The second kappa shape index (κ2) is 51.8. The van der Waals surface area contributed by atoms with Gasteiger partial charge in [0.15, 0.2) is 0 Å². The van der Waals surface area contributed by atoms with Crippen molar-refractivity contribution in [2.75, 3.05) is 6.61 Å². The molecule has 0 radical (unpaired) electrons. The molecule has 1 amide bonds. The van der Waals surface area contributed by atoms with Crippen molar-refractivity contribution in [2.45, 2.75) is 257 Å². The van der Waals surface area contributed by atoms with Crippen LogP contribution in [-0.2, 0) is 14.3 Å². The standard InChI is InChI=1S/C59H101NO5/c1-4-7-10-13-16-19-22-25-28-31-33-36-39-42-45-48-51-57(62)56(54-61)60-58(63)53-55(50-47-44-41-38-35-32-29-26-23-20-17-14-11-8-5-2)65-59(64)52-49-46-43-40-37-34-30-27-24-21-18-15-12-9-6-3/h8,11,14,17-18,20-21,23-24,26-27,29,32,35,38,41,55-57,61-62H,4-7,9-10,12-13,15-16,19,22,25,28,30-31,33-34,36-37,39-40,42-54H2,1-3H3,(H,60,63)/b11-8-,17-14+,21-18+,23-20+,27-24+,29-26-,35-32+,41-38+. The minimum Gasteiger partial charge on any atom is -0.462 e. The molecule has 0 spiro atoms. The van der Waals surface area contributed by atoms with Gasteiger partial charge in [0.1, 0.15) is 6.10 Å². The Morgan fingerprint density at radius 1 is 0.462 bits per heavy atom. The highest BCUT2D eigenvalue weighted by Gasteiger charge is 2.24. The zero-order valence-corrected chi connectivity index (χ0v) is 42.3. The van der Waals surface area contributed by atoms with Crippen LogP contribution in [0.5, 0.6) is 0 Å². The molecule has 0 aromatic carbocycles. The summed E-state index contributed by atoms with van der Waals surface area (Å²) >= 11 is 0. The van der Waals surface area contributed by atoms with E-state index in [-0.39, 0.29) is 24.9 Å². The maximum Gasteiger partial charge on any atom is 0.306 e. The largest absolute Gasteiger partial charge is 0.462 e. The third-order valence-corrected chi connectivity index (χ3v) is 11.8. The molecule has 0 aliphatic carbocycles. The van der Waals surface area contributed by atoms with Crippen molar-refractivity contribution in [3.8, 4) is 0 Å². The zero-order valence-electron chi connectivity index (χ0n) is 42.3. The summed E-state index contributed by atoms with van der Waals surface area (Å²) in [5.41, 5.74) is 0. The summed E-state index contributed by atoms with van der Waals surface area (Å²) in [6, 6.07) is -0.734. The van der Waals surface area contributed by atoms with Crippen LogP contribution in [0.1, 0.15) is 239 Å². The Labute approximate surface area is 401 Å². The predicted molar refractivity (Wildman–Crippen MR) is 282 cm³/mol. The molecule has 0 bridgehead atoms. The minimum atomic E-state index is -0.816. The van der Waals surface area contributed by atoms with Gasteiger partial charge in [-0.25, -0.2) is 0 Å². The zero-order chi connectivity index (χ0) is 47.4. The third kappa shape index (κ3) is 47.1. The Bertz CT molecular complexity index is 1290. The topological polar surface area (TPSA) is 95.9 Å². The van der Waals surface area contributed by atoms with Crippen LogP contribution in [0.25, 0.3) is 0 Å². The molecular weight excluding hydrogens is 803 g/mol. The number of aliphatic hydroxyl groups is 2. The van der Waals surface area contributed by atoms with Gasteiger partial charge in [0.05, 0.1) is 25.2 Å². The molecular formula is C59H101NO5. The van der Waals surface area contributed by atoms with E-state index in [1.54, 1.807) is 0 Å². The first-order chi connectivity index (χ1) is 32.0. The van der Waals surface area contributed by atoms with Crippen LogP contribution in [0.2, 0.25) is 0 Å². The Hall–Kier alpha value is -3.22. The summed E-state index contributed by atoms with van der Waals surface area (Å²) in [4.78, 5) is 26.2. The van der Waals surface area contributed by atoms with Crippen molar-refractivity contribution in [1.29, 1.82) is 0 Å². The van der Waals surface area contributed by atoms with Gasteiger partial charge in [0, 0.05) is 6.42 Å². The highest BCUT2D eigenvalue weighted by atomic mass is 16.5. The fraction of sp³-hybridized carbons (Fsp3) is 0.695. The third-order valence-electron chi connectivity index (χ3n) is 11.8. The Kier molecular flexibility index (Phi) is 49.2. The van der Waals surface area contributed by atoms with Gasteiger partial charge in [-0.15, -0.1) is 0 Å². The van der Waals surface area contributed by atoms with Crippen molar-refractivity contribution in [1.82, 2.24) is 5.32 Å². The number of esters is 1. The smallest absolute Gasteiger partial charge is 0.306 e. The van der Waals surface area contributed by atoms with E-state index in [0.717, 1.165) is 64.2 Å². The Morgan fingerprint density at radius 3 is 1.34 bits per heavy atom. The first kappa shape index (κ1) is 61.8. The molecule has 3 N–H and O–H groups in total. The minimum absolute atomic E-state index is 0.0170.